The summed E-state index contributed by atoms with van der Waals surface area (Å²) in [4.78, 5) is 0.184. The van der Waals surface area contributed by atoms with Crippen LogP contribution in [0.5, 0.6) is 0 Å². The first-order valence-electron chi connectivity index (χ1n) is 4.55. The van der Waals surface area contributed by atoms with Crippen molar-refractivity contribution in [3.05, 3.63) is 11.9 Å². The Bertz CT molecular complexity index is 415. The highest BCUT2D eigenvalue weighted by Crippen LogP contribution is 2.11. The van der Waals surface area contributed by atoms with Crippen molar-refractivity contribution in [3.8, 4) is 0 Å². The molecule has 2 N–H and O–H groups in total. The second-order valence-corrected chi connectivity index (χ2v) is 5.42. The van der Waals surface area contributed by atoms with Gasteiger partial charge in [-0.2, -0.15) is 5.10 Å². The quantitative estimate of drug-likeness (QED) is 0.767. The number of aromatic amines is 1. The Morgan fingerprint density at radius 3 is 2.80 bits per heavy atom. The van der Waals surface area contributed by atoms with Gasteiger partial charge in [0.1, 0.15) is 4.90 Å². The van der Waals surface area contributed by atoms with Crippen LogP contribution < -0.4 is 4.72 Å². The summed E-state index contributed by atoms with van der Waals surface area (Å²) < 4.78 is 26.1. The molecule has 5 nitrogen and oxygen atoms in total. The number of rotatable bonds is 5. The van der Waals surface area contributed by atoms with Crippen LogP contribution in [0.2, 0.25) is 0 Å². The fourth-order valence-electron chi connectivity index (χ4n) is 1.16. The molecule has 1 heterocycles. The molecule has 0 aliphatic carbocycles. The lowest BCUT2D eigenvalue weighted by Gasteiger charge is -2.11. The van der Waals surface area contributed by atoms with E-state index in [0.717, 1.165) is 0 Å². The van der Waals surface area contributed by atoms with Crippen molar-refractivity contribution < 1.29 is 8.42 Å². The SMILES string of the molecule is Cc1[nH]ncc1S(=O)(=O)NC(C)CCCl. The summed E-state index contributed by atoms with van der Waals surface area (Å²) in [6, 6.07) is -0.179. The molecule has 0 aliphatic rings. The third-order valence-corrected chi connectivity index (χ3v) is 3.89. The Morgan fingerprint density at radius 2 is 2.33 bits per heavy atom. The number of aryl methyl sites for hydroxylation is 1. The van der Waals surface area contributed by atoms with Gasteiger partial charge < -0.3 is 0 Å². The number of aromatic nitrogens is 2. The van der Waals surface area contributed by atoms with Crippen molar-refractivity contribution >= 4 is 21.6 Å². The van der Waals surface area contributed by atoms with Crippen LogP contribution in [0.1, 0.15) is 19.0 Å². The van der Waals surface area contributed by atoms with Crippen molar-refractivity contribution in [3.63, 3.8) is 0 Å². The van der Waals surface area contributed by atoms with Gasteiger partial charge in [-0.3, -0.25) is 5.10 Å². The third kappa shape index (κ3) is 3.19. The normalized spacial score (nSPS) is 14.1. The van der Waals surface area contributed by atoms with E-state index in [1.54, 1.807) is 13.8 Å². The lowest BCUT2D eigenvalue weighted by molar-refractivity contribution is 0.556. The number of hydrogen-bond acceptors (Lipinski definition) is 3. The summed E-state index contributed by atoms with van der Waals surface area (Å²) in [5.41, 5.74) is 0.528. The molecule has 0 bridgehead atoms. The highest BCUT2D eigenvalue weighted by atomic mass is 35.5. The summed E-state index contributed by atoms with van der Waals surface area (Å²) in [5.74, 6) is 0.425. The predicted molar refractivity (Wildman–Crippen MR) is 58.4 cm³/mol. The molecular weight excluding hydrogens is 238 g/mol. The maximum atomic E-state index is 11.8. The van der Waals surface area contributed by atoms with Crippen molar-refractivity contribution in [2.75, 3.05) is 5.88 Å². The van der Waals surface area contributed by atoms with Crippen molar-refractivity contribution in [2.24, 2.45) is 0 Å². The average molecular weight is 252 g/mol. The zero-order chi connectivity index (χ0) is 11.5. The molecule has 0 radical (unpaired) electrons. The smallest absolute Gasteiger partial charge is 0.244 e. The van der Waals surface area contributed by atoms with Crippen LogP contribution in [-0.4, -0.2) is 30.5 Å². The van der Waals surface area contributed by atoms with E-state index in [0.29, 0.717) is 18.0 Å². The molecule has 1 rings (SSSR count). The minimum absolute atomic E-state index is 0.179. The van der Waals surface area contributed by atoms with E-state index < -0.39 is 10.0 Å². The number of alkyl halides is 1. The van der Waals surface area contributed by atoms with Gasteiger partial charge in [-0.15, -0.1) is 11.6 Å². The van der Waals surface area contributed by atoms with Crippen molar-refractivity contribution in [1.82, 2.24) is 14.9 Å². The molecule has 7 heteroatoms. The molecule has 0 aromatic carbocycles. The molecular formula is C8H14ClN3O2S. The second-order valence-electron chi connectivity index (χ2n) is 3.36. The van der Waals surface area contributed by atoms with Crippen molar-refractivity contribution in [2.45, 2.75) is 31.2 Å². The largest absolute Gasteiger partial charge is 0.281 e. The minimum atomic E-state index is -3.47. The van der Waals surface area contributed by atoms with Crippen LogP contribution in [0.25, 0.3) is 0 Å². The number of nitrogens with zero attached hydrogens (tertiary/aromatic N) is 1. The van der Waals surface area contributed by atoms with Gasteiger partial charge in [0.25, 0.3) is 0 Å². The Hall–Kier alpha value is -0.590. The predicted octanol–water partition coefficient (Wildman–Crippen LogP) is 1.01. The summed E-state index contributed by atoms with van der Waals surface area (Å²) in [6.45, 7) is 3.43. The zero-order valence-electron chi connectivity index (χ0n) is 8.62. The van der Waals surface area contributed by atoms with Gasteiger partial charge in [0.05, 0.1) is 11.9 Å². The first-order valence-corrected chi connectivity index (χ1v) is 6.57. The Labute approximate surface area is 94.3 Å². The van der Waals surface area contributed by atoms with Crippen LogP contribution >= 0.6 is 11.6 Å². The van der Waals surface area contributed by atoms with Gasteiger partial charge in [0.2, 0.25) is 10.0 Å². The summed E-state index contributed by atoms with van der Waals surface area (Å²) in [6.07, 6.45) is 1.89. The maximum absolute atomic E-state index is 11.8. The molecule has 1 aromatic rings. The Balaban J connectivity index is 2.81. The molecule has 0 fully saturated rings. The zero-order valence-corrected chi connectivity index (χ0v) is 10.2. The van der Waals surface area contributed by atoms with Gasteiger partial charge in [-0.25, -0.2) is 13.1 Å². The summed E-state index contributed by atoms with van der Waals surface area (Å²) in [5, 5.41) is 6.26. The standard InChI is InChI=1S/C8H14ClN3O2S/c1-6(3-4-9)12-15(13,14)8-5-10-11-7(8)2/h5-6,12H,3-4H2,1-2H3,(H,10,11). The number of halogens is 1. The average Bonchev–Trinajstić information content (AvgIpc) is 2.51. The number of hydrogen-bond donors (Lipinski definition) is 2. The lowest BCUT2D eigenvalue weighted by Crippen LogP contribution is -2.33. The van der Waals surface area contributed by atoms with Crippen molar-refractivity contribution in [1.29, 1.82) is 0 Å². The van der Waals surface area contributed by atoms with E-state index in [9.17, 15) is 8.42 Å². The molecule has 1 unspecified atom stereocenters. The molecule has 0 saturated carbocycles. The first-order chi connectivity index (χ1) is 6.97. The minimum Gasteiger partial charge on any atom is -0.281 e. The third-order valence-electron chi connectivity index (χ3n) is 1.97. The van der Waals surface area contributed by atoms with E-state index in [4.69, 9.17) is 11.6 Å². The van der Waals surface area contributed by atoms with Crippen LogP contribution in [0, 0.1) is 6.92 Å². The second kappa shape index (κ2) is 4.96. The first kappa shape index (κ1) is 12.5. The summed E-state index contributed by atoms with van der Waals surface area (Å²) in [7, 11) is -3.47. The molecule has 86 valence electrons. The highest BCUT2D eigenvalue weighted by Gasteiger charge is 2.20. The van der Waals surface area contributed by atoms with E-state index >= 15 is 0 Å². The molecule has 0 saturated heterocycles. The monoisotopic (exact) mass is 251 g/mol. The van der Waals surface area contributed by atoms with Crippen LogP contribution in [0.3, 0.4) is 0 Å². The number of nitrogens with one attached hydrogen (secondary N) is 2. The molecule has 0 spiro atoms. The topological polar surface area (TPSA) is 74.8 Å². The fraction of sp³-hybridized carbons (Fsp3) is 0.625. The van der Waals surface area contributed by atoms with Crippen LogP contribution in [0.15, 0.2) is 11.1 Å². The van der Waals surface area contributed by atoms with Crippen LogP contribution in [-0.2, 0) is 10.0 Å². The van der Waals surface area contributed by atoms with E-state index in [1.165, 1.54) is 6.20 Å². The Morgan fingerprint density at radius 1 is 1.67 bits per heavy atom. The van der Waals surface area contributed by atoms with Crippen LogP contribution in [0.4, 0.5) is 0 Å². The number of sulfonamides is 1. The number of H-pyrrole nitrogens is 1. The van der Waals surface area contributed by atoms with Gasteiger partial charge in [0.15, 0.2) is 0 Å². The van der Waals surface area contributed by atoms with Gasteiger partial charge in [-0.1, -0.05) is 0 Å². The Kier molecular flexibility index (Phi) is 4.12. The highest BCUT2D eigenvalue weighted by molar-refractivity contribution is 7.89. The molecule has 15 heavy (non-hydrogen) atoms. The fourth-order valence-corrected chi connectivity index (χ4v) is 2.90. The van der Waals surface area contributed by atoms with Gasteiger partial charge in [-0.05, 0) is 20.3 Å². The lowest BCUT2D eigenvalue weighted by atomic mass is 10.3. The maximum Gasteiger partial charge on any atom is 0.244 e. The van der Waals surface area contributed by atoms with E-state index in [-0.39, 0.29) is 10.9 Å². The summed E-state index contributed by atoms with van der Waals surface area (Å²) >= 11 is 5.53. The van der Waals surface area contributed by atoms with E-state index in [1.807, 2.05) is 0 Å². The van der Waals surface area contributed by atoms with E-state index in [2.05, 4.69) is 14.9 Å². The molecule has 1 aromatic heterocycles. The molecule has 1 atom stereocenters. The molecule has 0 amide bonds. The van der Waals surface area contributed by atoms with Gasteiger partial charge in [0, 0.05) is 11.9 Å². The molecule has 0 aliphatic heterocycles. The van der Waals surface area contributed by atoms with Gasteiger partial charge >= 0.3 is 0 Å².